The molecule has 42 valence electrons. The predicted molar refractivity (Wildman–Crippen MR) is 18.8 cm³/mol. The summed E-state index contributed by atoms with van der Waals surface area (Å²) in [6.07, 6.45) is 0. The predicted octanol–water partition coefficient (Wildman–Crippen LogP) is -0.721. The molecule has 0 saturated heterocycles. The summed E-state index contributed by atoms with van der Waals surface area (Å²) in [6, 6.07) is 0. The number of hydrogen-bond acceptors (Lipinski definition) is 4. The van der Waals surface area contributed by atoms with Gasteiger partial charge in [-0.3, -0.25) is 0 Å². The zero-order chi connectivity index (χ0) is 6.28. The van der Waals surface area contributed by atoms with Crippen molar-refractivity contribution in [3.8, 4) is 0 Å². The molecule has 0 fully saturated rings. The van der Waals surface area contributed by atoms with Crippen LogP contribution < -0.4 is 5.84 Å². The summed E-state index contributed by atoms with van der Waals surface area (Å²) in [4.78, 5) is 16.7. The summed E-state index contributed by atoms with van der Waals surface area (Å²) in [7, 11) is 0. The van der Waals surface area contributed by atoms with E-state index in [1.54, 1.807) is 0 Å². The molecule has 0 heterocycles. The van der Waals surface area contributed by atoms with Gasteiger partial charge >= 0.3 is 0 Å². The van der Waals surface area contributed by atoms with Crippen LogP contribution in [0, 0.1) is 15.0 Å². The van der Waals surface area contributed by atoms with Gasteiger partial charge in [-0.25, -0.2) is 10.1 Å². The minimum Gasteiger partial charge on any atom is -0.379 e. The largest absolute Gasteiger partial charge is 0.379 e. The molecule has 7 nitrogen and oxygen atoms in total. The van der Waals surface area contributed by atoms with Crippen molar-refractivity contribution in [1.29, 1.82) is 0 Å². The van der Waals surface area contributed by atoms with Crippen molar-refractivity contribution in [3.05, 3.63) is 15.0 Å². The molecule has 0 unspecified atom stereocenters. The number of hydrogen-bond donors (Lipinski definition) is 2. The van der Waals surface area contributed by atoms with Gasteiger partial charge < -0.3 is 5.21 Å². The Labute approximate surface area is 37.8 Å². The number of nitrogens with two attached hydrogens (primary N) is 1. The molecule has 0 aromatic rings. The molecule has 7 heavy (non-hydrogen) atoms. The molecule has 0 spiro atoms. The van der Waals surface area contributed by atoms with Crippen LogP contribution in [-0.2, 0) is 0 Å². The Kier molecular flexibility index (Phi) is 11.5. The van der Waals surface area contributed by atoms with Crippen molar-refractivity contribution in [3.63, 3.8) is 0 Å². The van der Waals surface area contributed by atoms with Crippen LogP contribution in [0.2, 0.25) is 0 Å². The van der Waals surface area contributed by atoms with Gasteiger partial charge in [0.15, 0.2) is 10.4 Å². The Bertz CT molecular complexity index is 54.0. The molecule has 0 rings (SSSR count). The Morgan fingerprint density at radius 3 is 1.86 bits per heavy atom. The van der Waals surface area contributed by atoms with Crippen molar-refractivity contribution in [2.45, 2.75) is 0 Å². The maximum absolute atomic E-state index is 8.58. The van der Waals surface area contributed by atoms with Gasteiger partial charge in [-0.1, -0.05) is 0 Å². The van der Waals surface area contributed by atoms with E-state index in [0.717, 1.165) is 0 Å². The van der Waals surface area contributed by atoms with Crippen LogP contribution in [0.15, 0.2) is 5.34 Å². The van der Waals surface area contributed by atoms with E-state index in [-0.39, 0.29) is 0 Å². The maximum Gasteiger partial charge on any atom is 0.154 e. The smallest absolute Gasteiger partial charge is 0.154 e. The lowest BCUT2D eigenvalue weighted by Gasteiger charge is -1.61. The molecule has 0 aromatic carbocycles. The zero-order valence-corrected chi connectivity index (χ0v) is 3.14. The van der Waals surface area contributed by atoms with E-state index in [1.807, 2.05) is 0 Å². The highest BCUT2D eigenvalue weighted by Crippen LogP contribution is 1.29. The fourth-order valence-electron chi connectivity index (χ4n) is 0. The number of hydrazine groups is 1. The SMILES string of the molecule is N[N+](=O)[O-].O=NO. The van der Waals surface area contributed by atoms with E-state index in [9.17, 15) is 0 Å². The minimum absolute atomic E-state index is 1.00. The topological polar surface area (TPSA) is 119 Å². The van der Waals surface area contributed by atoms with Gasteiger partial charge in [0.05, 0.1) is 0 Å². The highest BCUT2D eigenvalue weighted by molar-refractivity contribution is 3.87. The molecular formula is H3N3O4. The van der Waals surface area contributed by atoms with Crippen LogP contribution in [0.4, 0.5) is 0 Å². The third kappa shape index (κ3) is 15.9. The van der Waals surface area contributed by atoms with Gasteiger partial charge in [0.2, 0.25) is 0 Å². The zero-order valence-electron chi connectivity index (χ0n) is 3.14. The monoisotopic (exact) mass is 109 g/mol. The second-order valence-corrected chi connectivity index (χ2v) is 0.367. The van der Waals surface area contributed by atoms with Crippen LogP contribution >= 0.6 is 0 Å². The van der Waals surface area contributed by atoms with Gasteiger partial charge in [0, 0.05) is 0 Å². The van der Waals surface area contributed by atoms with E-state index >= 15 is 0 Å². The summed E-state index contributed by atoms with van der Waals surface area (Å²) in [6.45, 7) is 0. The molecule has 0 saturated carbocycles. The maximum atomic E-state index is 8.58. The average Bonchev–Trinajstić information content (AvgIpc) is 1.33. The summed E-state index contributed by atoms with van der Waals surface area (Å²) < 4.78 is 0. The van der Waals surface area contributed by atoms with E-state index < -0.39 is 5.03 Å². The molecule has 3 N–H and O–H groups in total. The second-order valence-electron chi connectivity index (χ2n) is 0.367. The first-order valence-electron chi connectivity index (χ1n) is 1.01. The van der Waals surface area contributed by atoms with Crippen molar-refractivity contribution < 1.29 is 10.2 Å². The lowest BCUT2D eigenvalue weighted by Crippen LogP contribution is -2.04. The highest BCUT2D eigenvalue weighted by atomic mass is 16.7. The first-order valence-corrected chi connectivity index (χ1v) is 1.01. The summed E-state index contributed by atoms with van der Waals surface area (Å²) in [5, 5.41) is 15.5. The van der Waals surface area contributed by atoms with Crippen molar-refractivity contribution in [2.24, 2.45) is 11.2 Å². The molecule has 0 bridgehead atoms. The Balaban J connectivity index is 0. The molecular weight excluding hydrogens is 106 g/mol. The molecule has 0 aromatic heterocycles. The molecule has 7 heteroatoms. The number of rotatable bonds is 0. The van der Waals surface area contributed by atoms with E-state index in [0.29, 0.717) is 0 Å². The summed E-state index contributed by atoms with van der Waals surface area (Å²) >= 11 is 0. The van der Waals surface area contributed by atoms with Gasteiger partial charge in [0.25, 0.3) is 0 Å². The summed E-state index contributed by atoms with van der Waals surface area (Å²) in [5.74, 6) is 3.83. The lowest BCUT2D eigenvalue weighted by molar-refractivity contribution is -0.491. The molecule has 0 aliphatic heterocycles. The van der Waals surface area contributed by atoms with E-state index in [2.05, 4.69) is 5.84 Å². The lowest BCUT2D eigenvalue weighted by atomic mass is 12.8. The third-order valence-corrected chi connectivity index (χ3v) is 0. The Hall–Kier alpha value is -1.40. The van der Waals surface area contributed by atoms with Crippen molar-refractivity contribution in [1.82, 2.24) is 0 Å². The van der Waals surface area contributed by atoms with Crippen LogP contribution in [0.5, 0.6) is 0 Å². The minimum atomic E-state index is -1.00. The number of nitrogens with zero attached hydrogens (tertiary/aromatic N) is 2. The van der Waals surface area contributed by atoms with Crippen LogP contribution in [0.3, 0.4) is 0 Å². The quantitative estimate of drug-likeness (QED) is 0.184. The van der Waals surface area contributed by atoms with Crippen molar-refractivity contribution in [2.75, 3.05) is 0 Å². The van der Waals surface area contributed by atoms with Crippen LogP contribution in [0.25, 0.3) is 0 Å². The first kappa shape index (κ1) is 9.14. The fraction of sp³-hybridized carbons (Fsp3) is 0. The average molecular weight is 109 g/mol. The molecule has 0 aliphatic rings. The standard InChI is InChI=1S/H2N2O2.HNO2/c1-2(3)4;2-1-3/h1H2;(H,2,3). The molecule has 0 aliphatic carbocycles. The molecule has 0 atom stereocenters. The molecule has 0 amide bonds. The van der Waals surface area contributed by atoms with Gasteiger partial charge in [-0.05, 0) is 0 Å². The fourth-order valence-corrected chi connectivity index (χ4v) is 0. The van der Waals surface area contributed by atoms with E-state index in [4.69, 9.17) is 20.2 Å². The molecule has 0 radical (unpaired) electrons. The second kappa shape index (κ2) is 8.82. The third-order valence-electron chi connectivity index (χ3n) is 0. The summed E-state index contributed by atoms with van der Waals surface area (Å²) in [5.41, 5.74) is 0. The Morgan fingerprint density at radius 1 is 1.86 bits per heavy atom. The Morgan fingerprint density at radius 2 is 1.86 bits per heavy atom. The van der Waals surface area contributed by atoms with Gasteiger partial charge in [-0.15, -0.1) is 4.91 Å². The van der Waals surface area contributed by atoms with E-state index in [1.165, 1.54) is 5.34 Å². The number of nitro groups is 1. The van der Waals surface area contributed by atoms with Gasteiger partial charge in [-0.2, -0.15) is 5.84 Å². The van der Waals surface area contributed by atoms with Crippen LogP contribution in [-0.4, -0.2) is 10.2 Å². The highest BCUT2D eigenvalue weighted by Gasteiger charge is 1.57. The normalized spacial score (nSPS) is 5.14. The first-order chi connectivity index (χ1) is 3.15. The van der Waals surface area contributed by atoms with Crippen molar-refractivity contribution >= 4 is 0 Å². The van der Waals surface area contributed by atoms with Gasteiger partial charge in [0.1, 0.15) is 0 Å². The van der Waals surface area contributed by atoms with Crippen LogP contribution in [0.1, 0.15) is 0 Å².